The molecule has 2 N–H and O–H groups in total. The first-order chi connectivity index (χ1) is 9.16. The van der Waals surface area contributed by atoms with Crippen LogP contribution in [0.15, 0.2) is 24.3 Å². The third-order valence-electron chi connectivity index (χ3n) is 3.13. The molecule has 1 aliphatic carbocycles. The third-order valence-corrected chi connectivity index (χ3v) is 3.38. The topological polar surface area (TPSA) is 58.6 Å². The van der Waals surface area contributed by atoms with E-state index in [4.69, 9.17) is 21.4 Å². The van der Waals surface area contributed by atoms with Gasteiger partial charge in [0.05, 0.1) is 6.61 Å². The molecule has 0 heterocycles. The second-order valence-electron chi connectivity index (χ2n) is 4.76. The molecule has 0 aromatic heterocycles. The molecule has 1 aliphatic rings. The van der Waals surface area contributed by atoms with E-state index in [1.807, 2.05) is 12.1 Å². The van der Waals surface area contributed by atoms with Crippen LogP contribution in [0.1, 0.15) is 19.3 Å². The van der Waals surface area contributed by atoms with Gasteiger partial charge in [-0.05, 0) is 56.0 Å². The summed E-state index contributed by atoms with van der Waals surface area (Å²) in [6, 6.07) is 6.81. The number of nitrogens with one attached hydrogen (secondary N) is 1. The molecule has 1 aromatic rings. The maximum atomic E-state index is 11.0. The zero-order valence-electron chi connectivity index (χ0n) is 10.6. The second kappa shape index (κ2) is 6.78. The number of carboxylic acids is 1. The minimum atomic E-state index is -0.749. The Kier molecular flexibility index (Phi) is 5.05. The van der Waals surface area contributed by atoms with Gasteiger partial charge in [-0.1, -0.05) is 11.6 Å². The first kappa shape index (κ1) is 14.2. The predicted molar refractivity (Wildman–Crippen MR) is 73.7 cm³/mol. The van der Waals surface area contributed by atoms with Crippen molar-refractivity contribution in [2.75, 3.05) is 13.2 Å². The van der Waals surface area contributed by atoms with Gasteiger partial charge in [-0.3, -0.25) is 4.79 Å². The highest BCUT2D eigenvalue weighted by atomic mass is 35.5. The SMILES string of the molecule is O=C(O)C(NCCCOc1ccc(Cl)cc1)C1CC1. The number of halogens is 1. The van der Waals surface area contributed by atoms with E-state index in [0.717, 1.165) is 25.0 Å². The van der Waals surface area contributed by atoms with Crippen LogP contribution in [0.3, 0.4) is 0 Å². The molecule has 1 unspecified atom stereocenters. The van der Waals surface area contributed by atoms with Crippen molar-refractivity contribution in [1.29, 1.82) is 0 Å². The molecule has 0 spiro atoms. The maximum absolute atomic E-state index is 11.0. The summed E-state index contributed by atoms with van der Waals surface area (Å²) in [6.45, 7) is 1.21. The van der Waals surface area contributed by atoms with Gasteiger partial charge in [-0.2, -0.15) is 0 Å². The molecule has 0 bridgehead atoms. The summed E-state index contributed by atoms with van der Waals surface area (Å²) in [7, 11) is 0. The average Bonchev–Trinajstić information content (AvgIpc) is 3.19. The highest BCUT2D eigenvalue weighted by molar-refractivity contribution is 6.30. The lowest BCUT2D eigenvalue weighted by molar-refractivity contribution is -0.140. The van der Waals surface area contributed by atoms with Crippen molar-refractivity contribution in [1.82, 2.24) is 5.32 Å². The molecule has 2 rings (SSSR count). The lowest BCUT2D eigenvalue weighted by Crippen LogP contribution is -2.39. The summed E-state index contributed by atoms with van der Waals surface area (Å²) in [5.74, 6) is 0.345. The summed E-state index contributed by atoms with van der Waals surface area (Å²) in [5, 5.41) is 12.8. The van der Waals surface area contributed by atoms with Crippen molar-refractivity contribution in [3.63, 3.8) is 0 Å². The monoisotopic (exact) mass is 283 g/mol. The molecule has 4 nitrogen and oxygen atoms in total. The Hall–Kier alpha value is -1.26. The zero-order valence-corrected chi connectivity index (χ0v) is 11.4. The number of carbonyl (C=O) groups is 1. The second-order valence-corrected chi connectivity index (χ2v) is 5.20. The van der Waals surface area contributed by atoms with Crippen LogP contribution in [-0.4, -0.2) is 30.3 Å². The number of carboxylic acid groups (broad SMARTS) is 1. The summed E-state index contributed by atoms with van der Waals surface area (Å²) >= 11 is 5.77. The van der Waals surface area contributed by atoms with E-state index in [1.165, 1.54) is 0 Å². The largest absolute Gasteiger partial charge is 0.494 e. The molecular formula is C14H18ClNO3. The Morgan fingerprint density at radius 3 is 2.68 bits per heavy atom. The van der Waals surface area contributed by atoms with Crippen LogP contribution in [0.4, 0.5) is 0 Å². The number of rotatable bonds is 8. The van der Waals surface area contributed by atoms with Crippen molar-refractivity contribution in [2.45, 2.75) is 25.3 Å². The summed E-state index contributed by atoms with van der Waals surface area (Å²) in [5.41, 5.74) is 0. The van der Waals surface area contributed by atoms with Crippen LogP contribution in [0, 0.1) is 5.92 Å². The van der Waals surface area contributed by atoms with E-state index in [9.17, 15) is 4.79 Å². The highest BCUT2D eigenvalue weighted by Crippen LogP contribution is 2.32. The highest BCUT2D eigenvalue weighted by Gasteiger charge is 2.35. The molecule has 0 radical (unpaired) electrons. The van der Waals surface area contributed by atoms with E-state index in [-0.39, 0.29) is 0 Å². The molecule has 0 aliphatic heterocycles. The van der Waals surface area contributed by atoms with Crippen molar-refractivity contribution >= 4 is 17.6 Å². The standard InChI is InChI=1S/C14H18ClNO3/c15-11-4-6-12(7-5-11)19-9-1-8-16-13(14(17)18)10-2-3-10/h4-7,10,13,16H,1-3,8-9H2,(H,17,18). The first-order valence-corrected chi connectivity index (χ1v) is 6.89. The molecule has 104 valence electrons. The Bertz CT molecular complexity index is 417. The van der Waals surface area contributed by atoms with E-state index in [1.54, 1.807) is 12.1 Å². The van der Waals surface area contributed by atoms with E-state index < -0.39 is 12.0 Å². The van der Waals surface area contributed by atoms with Gasteiger partial charge in [0.2, 0.25) is 0 Å². The van der Waals surface area contributed by atoms with E-state index in [0.29, 0.717) is 24.1 Å². The van der Waals surface area contributed by atoms with Gasteiger partial charge in [0.1, 0.15) is 11.8 Å². The lowest BCUT2D eigenvalue weighted by atomic mass is 10.2. The minimum Gasteiger partial charge on any atom is -0.494 e. The summed E-state index contributed by atoms with van der Waals surface area (Å²) in [4.78, 5) is 11.0. The summed E-state index contributed by atoms with van der Waals surface area (Å²) in [6.07, 6.45) is 2.82. The van der Waals surface area contributed by atoms with Gasteiger partial charge < -0.3 is 15.2 Å². The van der Waals surface area contributed by atoms with Gasteiger partial charge in [0.25, 0.3) is 0 Å². The van der Waals surface area contributed by atoms with Gasteiger partial charge in [0.15, 0.2) is 0 Å². The van der Waals surface area contributed by atoms with Crippen LogP contribution >= 0.6 is 11.6 Å². The molecule has 1 fully saturated rings. The van der Waals surface area contributed by atoms with Gasteiger partial charge >= 0.3 is 5.97 Å². The van der Waals surface area contributed by atoms with Crippen molar-refractivity contribution in [3.05, 3.63) is 29.3 Å². The van der Waals surface area contributed by atoms with Gasteiger partial charge in [-0.25, -0.2) is 0 Å². The molecule has 19 heavy (non-hydrogen) atoms. The fraction of sp³-hybridized carbons (Fsp3) is 0.500. The van der Waals surface area contributed by atoms with Gasteiger partial charge in [-0.15, -0.1) is 0 Å². The Morgan fingerprint density at radius 1 is 1.42 bits per heavy atom. The Balaban J connectivity index is 1.61. The van der Waals surface area contributed by atoms with Crippen LogP contribution in [-0.2, 0) is 4.79 Å². The summed E-state index contributed by atoms with van der Waals surface area (Å²) < 4.78 is 5.53. The number of benzene rings is 1. The van der Waals surface area contributed by atoms with Crippen LogP contribution in [0.25, 0.3) is 0 Å². The van der Waals surface area contributed by atoms with Crippen molar-refractivity contribution in [3.8, 4) is 5.75 Å². The average molecular weight is 284 g/mol. The Morgan fingerprint density at radius 2 is 2.11 bits per heavy atom. The number of hydrogen-bond acceptors (Lipinski definition) is 3. The molecule has 1 saturated carbocycles. The Labute approximate surface area is 117 Å². The van der Waals surface area contributed by atoms with Crippen molar-refractivity contribution in [2.24, 2.45) is 5.92 Å². The molecule has 5 heteroatoms. The molecule has 1 aromatic carbocycles. The number of aliphatic carboxylic acids is 1. The lowest BCUT2D eigenvalue weighted by Gasteiger charge is -2.13. The van der Waals surface area contributed by atoms with Gasteiger partial charge in [0, 0.05) is 5.02 Å². The molecule has 1 atom stereocenters. The molecule has 0 saturated heterocycles. The van der Waals surface area contributed by atoms with E-state index in [2.05, 4.69) is 5.32 Å². The quantitative estimate of drug-likeness (QED) is 0.720. The van der Waals surface area contributed by atoms with Crippen LogP contribution < -0.4 is 10.1 Å². The van der Waals surface area contributed by atoms with Crippen LogP contribution in [0.2, 0.25) is 5.02 Å². The number of hydrogen-bond donors (Lipinski definition) is 2. The fourth-order valence-electron chi connectivity index (χ4n) is 1.94. The third kappa shape index (κ3) is 4.73. The first-order valence-electron chi connectivity index (χ1n) is 6.51. The zero-order chi connectivity index (χ0) is 13.7. The molecular weight excluding hydrogens is 266 g/mol. The fourth-order valence-corrected chi connectivity index (χ4v) is 2.06. The minimum absolute atomic E-state index is 0.315. The van der Waals surface area contributed by atoms with Crippen molar-refractivity contribution < 1.29 is 14.6 Å². The maximum Gasteiger partial charge on any atom is 0.320 e. The molecule has 0 amide bonds. The predicted octanol–water partition coefficient (Wildman–Crippen LogP) is 2.56. The number of ether oxygens (including phenoxy) is 1. The normalized spacial score (nSPS) is 16.1. The smallest absolute Gasteiger partial charge is 0.320 e. The van der Waals surface area contributed by atoms with Crippen LogP contribution in [0.5, 0.6) is 5.75 Å². The van der Waals surface area contributed by atoms with E-state index >= 15 is 0 Å².